The molecule has 3 heterocycles. The zero-order valence-corrected chi connectivity index (χ0v) is 16.6. The third-order valence-electron chi connectivity index (χ3n) is 4.15. The lowest BCUT2D eigenvalue weighted by atomic mass is 10.0. The Balaban J connectivity index is 1.77. The fourth-order valence-corrected chi connectivity index (χ4v) is 4.21. The lowest BCUT2D eigenvalue weighted by Crippen LogP contribution is -2.71. The second-order valence-corrected chi connectivity index (χ2v) is 7.20. The molecule has 30 heavy (non-hydrogen) atoms. The van der Waals surface area contributed by atoms with Gasteiger partial charge in [-0.15, -0.1) is 11.8 Å². The summed E-state index contributed by atoms with van der Waals surface area (Å²) in [7, 11) is 1.22. The molecule has 0 bridgehead atoms. The number of oxazole rings is 1. The topological polar surface area (TPSA) is 187 Å². The standard InChI is InChI=1S/C16H17N5O8S/c1-6(22)28-3-7-5-30-14-10(13(24)21(14)11(7)15(25)26)19-12(23)9(20-27-2)8-4-29-16(17)18-8/h4,10,14H,3,5H2,1-2H3,(H2,17,18)(H,19,23)(H,25,26)/t10-,14+/m1/s1. The van der Waals surface area contributed by atoms with Gasteiger partial charge in [-0.1, -0.05) is 5.16 Å². The quantitative estimate of drug-likeness (QED) is 0.203. The first-order valence-electron chi connectivity index (χ1n) is 8.41. The Morgan fingerprint density at radius 1 is 1.50 bits per heavy atom. The number of aromatic nitrogens is 1. The van der Waals surface area contributed by atoms with Crippen LogP contribution in [0.3, 0.4) is 0 Å². The average molecular weight is 439 g/mol. The van der Waals surface area contributed by atoms with E-state index in [0.29, 0.717) is 0 Å². The molecule has 2 amide bonds. The number of carboxylic acid groups (broad SMARTS) is 1. The fraction of sp³-hybridized carbons (Fsp3) is 0.375. The number of thioether (sulfide) groups is 1. The van der Waals surface area contributed by atoms with Gasteiger partial charge in [0.15, 0.2) is 5.71 Å². The highest BCUT2D eigenvalue weighted by Crippen LogP contribution is 2.40. The van der Waals surface area contributed by atoms with Gasteiger partial charge in [0.05, 0.1) is 0 Å². The number of carbonyl (C=O) groups is 4. The van der Waals surface area contributed by atoms with Crippen LogP contribution in [0.15, 0.2) is 27.1 Å². The van der Waals surface area contributed by atoms with Crippen molar-refractivity contribution in [2.45, 2.75) is 18.3 Å². The van der Waals surface area contributed by atoms with Crippen molar-refractivity contribution in [1.29, 1.82) is 0 Å². The summed E-state index contributed by atoms with van der Waals surface area (Å²) in [6.07, 6.45) is 1.10. The number of oxime groups is 1. The first-order valence-corrected chi connectivity index (χ1v) is 9.46. The number of nitrogens with one attached hydrogen (secondary N) is 1. The minimum Gasteiger partial charge on any atom is -0.477 e. The highest BCUT2D eigenvalue weighted by atomic mass is 32.2. The maximum Gasteiger partial charge on any atom is 0.352 e. The van der Waals surface area contributed by atoms with Gasteiger partial charge in [0.25, 0.3) is 17.8 Å². The van der Waals surface area contributed by atoms with E-state index in [1.807, 2.05) is 0 Å². The van der Waals surface area contributed by atoms with E-state index in [9.17, 15) is 24.3 Å². The molecule has 0 radical (unpaired) electrons. The van der Waals surface area contributed by atoms with Crippen LogP contribution >= 0.6 is 11.8 Å². The number of nitrogens with zero attached hydrogens (tertiary/aromatic N) is 3. The van der Waals surface area contributed by atoms with Gasteiger partial charge in [-0.3, -0.25) is 19.3 Å². The summed E-state index contributed by atoms with van der Waals surface area (Å²) in [5.41, 5.74) is 5.16. The number of ether oxygens (including phenoxy) is 1. The van der Waals surface area contributed by atoms with Crippen molar-refractivity contribution < 1.29 is 38.3 Å². The van der Waals surface area contributed by atoms with Gasteiger partial charge in [-0.05, 0) is 0 Å². The van der Waals surface area contributed by atoms with Crippen LogP contribution in [0.1, 0.15) is 12.6 Å². The van der Waals surface area contributed by atoms with Crippen molar-refractivity contribution in [2.75, 3.05) is 25.2 Å². The molecule has 0 aromatic carbocycles. The number of hydrogen-bond acceptors (Lipinski definition) is 11. The van der Waals surface area contributed by atoms with Crippen molar-refractivity contribution in [3.8, 4) is 0 Å². The van der Waals surface area contributed by atoms with Gasteiger partial charge in [-0.2, -0.15) is 4.98 Å². The van der Waals surface area contributed by atoms with Crippen LogP contribution < -0.4 is 11.1 Å². The Labute approximate surface area is 173 Å². The molecule has 1 saturated heterocycles. The SMILES string of the molecule is CON=C(C(=O)N[C@@H]1C(=O)N2C(C(=O)O)=C(COC(C)=O)CS[C@@H]12)c1coc(N)n1. The number of amides is 2. The Kier molecular flexibility index (Phi) is 5.96. The summed E-state index contributed by atoms with van der Waals surface area (Å²) in [5.74, 6) is -3.11. The molecule has 1 aromatic rings. The van der Waals surface area contributed by atoms with E-state index in [1.165, 1.54) is 25.8 Å². The van der Waals surface area contributed by atoms with E-state index in [4.69, 9.17) is 14.9 Å². The normalized spacial score (nSPS) is 20.9. The highest BCUT2D eigenvalue weighted by Gasteiger charge is 2.54. The van der Waals surface area contributed by atoms with Crippen LogP contribution in [0.2, 0.25) is 0 Å². The first-order chi connectivity index (χ1) is 14.2. The van der Waals surface area contributed by atoms with E-state index < -0.39 is 35.2 Å². The summed E-state index contributed by atoms with van der Waals surface area (Å²) in [5, 5.41) is 15.0. The Bertz CT molecular complexity index is 971. The lowest BCUT2D eigenvalue weighted by molar-refractivity contribution is -0.150. The molecule has 0 spiro atoms. The largest absolute Gasteiger partial charge is 0.477 e. The molecule has 14 heteroatoms. The van der Waals surface area contributed by atoms with Gasteiger partial charge in [0.2, 0.25) is 0 Å². The van der Waals surface area contributed by atoms with Crippen LogP contribution in [0.25, 0.3) is 0 Å². The third kappa shape index (κ3) is 3.94. The molecular weight excluding hydrogens is 422 g/mol. The fourth-order valence-electron chi connectivity index (χ4n) is 2.88. The number of anilines is 1. The number of carboxylic acids is 1. The highest BCUT2D eigenvalue weighted by molar-refractivity contribution is 8.00. The molecule has 0 unspecified atom stereocenters. The first kappa shape index (κ1) is 21.2. The molecule has 2 aliphatic heterocycles. The number of hydrogen-bond donors (Lipinski definition) is 3. The van der Waals surface area contributed by atoms with Crippen LogP contribution in [-0.2, 0) is 28.8 Å². The van der Waals surface area contributed by atoms with E-state index in [2.05, 4.69) is 20.3 Å². The smallest absolute Gasteiger partial charge is 0.352 e. The van der Waals surface area contributed by atoms with Gasteiger partial charge >= 0.3 is 11.9 Å². The van der Waals surface area contributed by atoms with Crippen LogP contribution in [0.4, 0.5) is 6.01 Å². The Morgan fingerprint density at radius 3 is 2.80 bits per heavy atom. The maximum atomic E-state index is 12.6. The summed E-state index contributed by atoms with van der Waals surface area (Å²) in [6, 6.07) is -1.19. The predicted molar refractivity (Wildman–Crippen MR) is 101 cm³/mol. The van der Waals surface area contributed by atoms with E-state index >= 15 is 0 Å². The Morgan fingerprint density at radius 2 is 2.23 bits per heavy atom. The van der Waals surface area contributed by atoms with E-state index in [0.717, 1.165) is 11.2 Å². The average Bonchev–Trinajstić information content (AvgIpc) is 3.13. The molecular formula is C16H17N5O8S. The second kappa shape index (κ2) is 8.44. The van der Waals surface area contributed by atoms with Gasteiger partial charge in [-0.25, -0.2) is 4.79 Å². The van der Waals surface area contributed by atoms with Crippen LogP contribution in [0.5, 0.6) is 0 Å². The molecule has 1 aromatic heterocycles. The van der Waals surface area contributed by atoms with Gasteiger partial charge < -0.3 is 30.1 Å². The number of nitrogen functional groups attached to an aromatic ring is 1. The zero-order chi connectivity index (χ0) is 22.0. The number of aliphatic carboxylic acids is 1. The number of rotatable bonds is 7. The molecule has 0 aliphatic carbocycles. The molecule has 2 aliphatic rings. The number of β-lactam (4-membered cyclic amide) rings is 1. The second-order valence-electron chi connectivity index (χ2n) is 6.09. The van der Waals surface area contributed by atoms with Crippen molar-refractivity contribution in [1.82, 2.24) is 15.2 Å². The monoisotopic (exact) mass is 439 g/mol. The van der Waals surface area contributed by atoms with Crippen LogP contribution in [0, 0.1) is 0 Å². The third-order valence-corrected chi connectivity index (χ3v) is 5.49. The Hall–Kier alpha value is -3.55. The van der Waals surface area contributed by atoms with Crippen molar-refractivity contribution in [2.24, 2.45) is 5.16 Å². The predicted octanol–water partition coefficient (Wildman–Crippen LogP) is -1.09. The van der Waals surface area contributed by atoms with Crippen molar-refractivity contribution in [3.63, 3.8) is 0 Å². The number of fused-ring (bicyclic) bond motifs is 1. The van der Waals surface area contributed by atoms with E-state index in [-0.39, 0.29) is 41.1 Å². The van der Waals surface area contributed by atoms with Crippen molar-refractivity contribution in [3.05, 3.63) is 23.2 Å². The van der Waals surface area contributed by atoms with Crippen molar-refractivity contribution >= 4 is 47.2 Å². The molecule has 3 rings (SSSR count). The minimum absolute atomic E-state index is 0.00145. The number of esters is 1. The molecule has 0 saturated carbocycles. The van der Waals surface area contributed by atoms with Gasteiger partial charge in [0.1, 0.15) is 42.8 Å². The summed E-state index contributed by atoms with van der Waals surface area (Å²) < 4.78 is 9.72. The zero-order valence-electron chi connectivity index (χ0n) is 15.8. The molecule has 13 nitrogen and oxygen atoms in total. The number of nitrogens with two attached hydrogens (primary N) is 1. The molecule has 2 atom stereocenters. The van der Waals surface area contributed by atoms with Crippen LogP contribution in [-0.4, -0.2) is 75.3 Å². The molecule has 1 fully saturated rings. The maximum absolute atomic E-state index is 12.6. The van der Waals surface area contributed by atoms with E-state index in [1.54, 1.807) is 0 Å². The number of carbonyl (C=O) groups excluding carboxylic acids is 3. The molecule has 4 N–H and O–H groups in total. The summed E-state index contributed by atoms with van der Waals surface area (Å²) >= 11 is 1.23. The van der Waals surface area contributed by atoms with Gasteiger partial charge in [0, 0.05) is 18.2 Å². The minimum atomic E-state index is -1.33. The lowest BCUT2D eigenvalue weighted by Gasteiger charge is -2.49. The summed E-state index contributed by atoms with van der Waals surface area (Å²) in [6.45, 7) is 0.956. The summed E-state index contributed by atoms with van der Waals surface area (Å²) in [4.78, 5) is 57.5. The molecule has 160 valence electrons.